The third-order valence-corrected chi connectivity index (χ3v) is 6.12. The average Bonchev–Trinajstić information content (AvgIpc) is 3.37. The third kappa shape index (κ3) is 5.74. The molecule has 3 rings (SSSR count). The van der Waals surface area contributed by atoms with Gasteiger partial charge in [0.25, 0.3) is 0 Å². The highest BCUT2D eigenvalue weighted by Crippen LogP contribution is 2.52. The molecule has 9 nitrogen and oxygen atoms in total. The Morgan fingerprint density at radius 3 is 2.22 bits per heavy atom. The van der Waals surface area contributed by atoms with Crippen LogP contribution in [-0.2, 0) is 14.3 Å². The second-order valence-corrected chi connectivity index (χ2v) is 9.31. The Labute approximate surface area is 207 Å². The predicted molar refractivity (Wildman–Crippen MR) is 133 cm³/mol. The maximum atomic E-state index is 12.7. The SMILES string of the molecule is CCN(CCNC(=NC)NCCN1C(=O)C2C3C=CC(C3)C2C1=O)C(=O)OC(C)(C)C.I. The number of ether oxygens (including phenoxy) is 1. The van der Waals surface area contributed by atoms with Crippen LogP contribution in [0, 0.1) is 23.7 Å². The Bertz CT molecular complexity index is 749. The number of amides is 3. The molecule has 10 heteroatoms. The van der Waals surface area contributed by atoms with Crippen LogP contribution >= 0.6 is 24.0 Å². The zero-order valence-electron chi connectivity index (χ0n) is 19.6. The molecule has 4 atom stereocenters. The zero-order chi connectivity index (χ0) is 22.8. The Morgan fingerprint density at radius 1 is 1.16 bits per heavy atom. The monoisotopic (exact) mass is 561 g/mol. The smallest absolute Gasteiger partial charge is 0.410 e. The summed E-state index contributed by atoms with van der Waals surface area (Å²) in [6.45, 7) is 9.67. The van der Waals surface area contributed by atoms with Crippen molar-refractivity contribution in [2.45, 2.75) is 39.7 Å². The number of imide groups is 1. The normalized spacial score (nSPS) is 26.2. The van der Waals surface area contributed by atoms with E-state index >= 15 is 0 Å². The van der Waals surface area contributed by atoms with E-state index in [2.05, 4.69) is 27.8 Å². The van der Waals surface area contributed by atoms with Gasteiger partial charge in [-0.15, -0.1) is 24.0 Å². The van der Waals surface area contributed by atoms with Crippen LogP contribution in [0.3, 0.4) is 0 Å². The zero-order valence-corrected chi connectivity index (χ0v) is 21.9. The quantitative estimate of drug-likeness (QED) is 0.162. The highest BCUT2D eigenvalue weighted by molar-refractivity contribution is 14.0. The highest BCUT2D eigenvalue weighted by Gasteiger charge is 2.58. The lowest BCUT2D eigenvalue weighted by Crippen LogP contribution is -2.46. The van der Waals surface area contributed by atoms with Gasteiger partial charge in [0.05, 0.1) is 11.8 Å². The van der Waals surface area contributed by atoms with E-state index < -0.39 is 5.60 Å². The summed E-state index contributed by atoms with van der Waals surface area (Å²) in [6.07, 6.45) is 4.79. The van der Waals surface area contributed by atoms with Crippen molar-refractivity contribution in [3.05, 3.63) is 12.2 Å². The molecule has 2 aliphatic carbocycles. The molecule has 3 amide bonds. The number of guanidine groups is 1. The highest BCUT2D eigenvalue weighted by atomic mass is 127. The number of likely N-dealkylation sites (tertiary alicyclic amines) is 1. The first-order valence-corrected chi connectivity index (χ1v) is 11.1. The number of halogens is 1. The molecule has 4 unspecified atom stereocenters. The molecule has 2 N–H and O–H groups in total. The van der Waals surface area contributed by atoms with E-state index in [1.54, 1.807) is 11.9 Å². The summed E-state index contributed by atoms with van der Waals surface area (Å²) >= 11 is 0. The molecule has 1 saturated heterocycles. The second-order valence-electron chi connectivity index (χ2n) is 9.31. The fraction of sp³-hybridized carbons (Fsp3) is 0.727. The fourth-order valence-electron chi connectivity index (χ4n) is 4.71. The minimum atomic E-state index is -0.534. The number of hydrogen-bond donors (Lipinski definition) is 2. The molecule has 1 saturated carbocycles. The molecule has 1 heterocycles. The van der Waals surface area contributed by atoms with E-state index in [0.29, 0.717) is 38.7 Å². The van der Waals surface area contributed by atoms with Gasteiger partial charge < -0.3 is 20.3 Å². The summed E-state index contributed by atoms with van der Waals surface area (Å²) in [6, 6.07) is 0. The van der Waals surface area contributed by atoms with Crippen molar-refractivity contribution in [3.63, 3.8) is 0 Å². The molecular formula is C22H36IN5O4. The Morgan fingerprint density at radius 2 is 1.72 bits per heavy atom. The van der Waals surface area contributed by atoms with E-state index in [1.165, 1.54) is 4.90 Å². The lowest BCUT2D eigenvalue weighted by molar-refractivity contribution is -0.140. The number of fused-ring (bicyclic) bond motifs is 5. The fourth-order valence-corrected chi connectivity index (χ4v) is 4.71. The van der Waals surface area contributed by atoms with E-state index in [4.69, 9.17) is 4.74 Å². The molecule has 0 spiro atoms. The minimum Gasteiger partial charge on any atom is -0.444 e. The van der Waals surface area contributed by atoms with Gasteiger partial charge in [-0.1, -0.05) is 12.2 Å². The number of nitrogens with zero attached hydrogens (tertiary/aromatic N) is 3. The number of likely N-dealkylation sites (N-methyl/N-ethyl adjacent to an activating group) is 1. The summed E-state index contributed by atoms with van der Waals surface area (Å²) in [5.41, 5.74) is -0.534. The molecule has 0 aromatic carbocycles. The molecule has 0 aromatic heterocycles. The summed E-state index contributed by atoms with van der Waals surface area (Å²) in [5, 5.41) is 6.30. The van der Waals surface area contributed by atoms with Crippen LogP contribution in [-0.4, -0.2) is 79.0 Å². The second kappa shape index (κ2) is 10.8. The molecular weight excluding hydrogens is 525 g/mol. The van der Waals surface area contributed by atoms with Crippen LogP contribution in [0.1, 0.15) is 34.1 Å². The number of nitrogens with one attached hydrogen (secondary N) is 2. The van der Waals surface area contributed by atoms with Gasteiger partial charge in [-0.2, -0.15) is 0 Å². The Balaban J connectivity index is 0.00000363. The number of hydrogen-bond acceptors (Lipinski definition) is 5. The molecule has 3 aliphatic rings. The van der Waals surface area contributed by atoms with Crippen molar-refractivity contribution < 1.29 is 19.1 Å². The summed E-state index contributed by atoms with van der Waals surface area (Å²) in [7, 11) is 1.65. The van der Waals surface area contributed by atoms with Crippen LogP contribution in [0.15, 0.2) is 17.1 Å². The minimum absolute atomic E-state index is 0. The summed E-state index contributed by atoms with van der Waals surface area (Å²) in [5.74, 6) is 0.623. The topological polar surface area (TPSA) is 103 Å². The van der Waals surface area contributed by atoms with Crippen LogP contribution in [0.5, 0.6) is 0 Å². The first-order chi connectivity index (χ1) is 14.7. The van der Waals surface area contributed by atoms with Crippen molar-refractivity contribution >= 4 is 47.8 Å². The van der Waals surface area contributed by atoms with E-state index in [9.17, 15) is 14.4 Å². The van der Waals surface area contributed by atoms with Crippen molar-refractivity contribution in [1.29, 1.82) is 0 Å². The van der Waals surface area contributed by atoms with Crippen LogP contribution in [0.2, 0.25) is 0 Å². The largest absolute Gasteiger partial charge is 0.444 e. The number of allylic oxidation sites excluding steroid dienone is 2. The molecule has 0 radical (unpaired) electrons. The molecule has 32 heavy (non-hydrogen) atoms. The molecule has 180 valence electrons. The van der Waals surface area contributed by atoms with Gasteiger partial charge in [-0.25, -0.2) is 4.79 Å². The van der Waals surface area contributed by atoms with Crippen molar-refractivity contribution in [3.8, 4) is 0 Å². The van der Waals surface area contributed by atoms with Gasteiger partial charge in [0.1, 0.15) is 5.60 Å². The Kier molecular flexibility index (Phi) is 8.95. The van der Waals surface area contributed by atoms with Gasteiger partial charge >= 0.3 is 6.09 Å². The number of aliphatic imine (C=N–C) groups is 1. The maximum Gasteiger partial charge on any atom is 0.410 e. The molecule has 1 aliphatic heterocycles. The maximum absolute atomic E-state index is 12.7. The number of carbonyl (C=O) groups excluding carboxylic acids is 3. The summed E-state index contributed by atoms with van der Waals surface area (Å²) in [4.78, 5) is 44.8. The summed E-state index contributed by atoms with van der Waals surface area (Å²) < 4.78 is 5.41. The predicted octanol–water partition coefficient (Wildman–Crippen LogP) is 1.83. The lowest BCUT2D eigenvalue weighted by Gasteiger charge is -2.26. The third-order valence-electron chi connectivity index (χ3n) is 6.12. The van der Waals surface area contributed by atoms with Crippen molar-refractivity contribution in [2.24, 2.45) is 28.7 Å². The number of carbonyl (C=O) groups is 3. The molecule has 0 aromatic rings. The Hall–Kier alpha value is -1.85. The van der Waals surface area contributed by atoms with Gasteiger partial charge in [-0.3, -0.25) is 19.5 Å². The number of rotatable bonds is 7. The van der Waals surface area contributed by atoms with Gasteiger partial charge in [0, 0.05) is 39.8 Å². The van der Waals surface area contributed by atoms with Crippen LogP contribution in [0.4, 0.5) is 4.79 Å². The lowest BCUT2D eigenvalue weighted by atomic mass is 9.85. The van der Waals surface area contributed by atoms with Gasteiger partial charge in [0.2, 0.25) is 11.8 Å². The first-order valence-electron chi connectivity index (χ1n) is 11.1. The van der Waals surface area contributed by atoms with Gasteiger partial charge in [0.15, 0.2) is 5.96 Å². The first kappa shape index (κ1) is 26.4. The molecule has 2 fully saturated rings. The molecule has 2 bridgehead atoms. The van der Waals surface area contributed by atoms with Crippen LogP contribution < -0.4 is 10.6 Å². The standard InChI is InChI=1S/C22H35N5O4.HI/c1-6-26(21(30)31-22(2,3)4)11-9-24-20(23-5)25-10-12-27-18(28)16-14-7-8-15(13-14)17(16)19(27)29;/h7-8,14-17H,6,9-13H2,1-5H3,(H2,23,24,25);1H. The van der Waals surface area contributed by atoms with Crippen LogP contribution in [0.25, 0.3) is 0 Å². The van der Waals surface area contributed by atoms with E-state index in [1.807, 2.05) is 27.7 Å². The average molecular weight is 561 g/mol. The van der Waals surface area contributed by atoms with E-state index in [0.717, 1.165) is 6.42 Å². The van der Waals surface area contributed by atoms with Crippen molar-refractivity contribution in [1.82, 2.24) is 20.4 Å². The van der Waals surface area contributed by atoms with Crippen molar-refractivity contribution in [2.75, 3.05) is 39.8 Å². The van der Waals surface area contributed by atoms with E-state index in [-0.39, 0.29) is 65.6 Å². The van der Waals surface area contributed by atoms with Gasteiger partial charge in [-0.05, 0) is 46.0 Å².